The molecule has 2 aliphatic rings. The molecule has 0 saturated heterocycles. The Labute approximate surface area is 198 Å². The second-order valence-corrected chi connectivity index (χ2v) is 9.71. The first-order valence-corrected chi connectivity index (χ1v) is 12.2. The van der Waals surface area contributed by atoms with E-state index < -0.39 is 0 Å². The van der Waals surface area contributed by atoms with Gasteiger partial charge in [-0.3, -0.25) is 4.98 Å². The third-order valence-corrected chi connectivity index (χ3v) is 7.42. The van der Waals surface area contributed by atoms with Gasteiger partial charge in [-0.1, -0.05) is 0 Å². The molecule has 1 N–H and O–H groups in total. The predicted octanol–water partition coefficient (Wildman–Crippen LogP) is 5.10. The smallest absolute Gasteiger partial charge is 0.171 e. The van der Waals surface area contributed by atoms with Gasteiger partial charge >= 0.3 is 0 Å². The van der Waals surface area contributed by atoms with Crippen molar-refractivity contribution in [2.24, 2.45) is 13.0 Å². The molecule has 3 heterocycles. The fourth-order valence-corrected chi connectivity index (χ4v) is 5.62. The Balaban J connectivity index is 1.06. The first-order valence-electron chi connectivity index (χ1n) is 12.2. The third kappa shape index (κ3) is 3.80. The Bertz CT molecular complexity index is 1380. The molecule has 0 spiro atoms. The number of aromatic nitrogens is 2. The lowest BCUT2D eigenvalue weighted by atomic mass is 9.84. The van der Waals surface area contributed by atoms with Crippen molar-refractivity contribution in [3.05, 3.63) is 65.2 Å². The highest BCUT2D eigenvalue weighted by atomic mass is 19.1. The number of fused-ring (bicyclic) bond motifs is 6. The van der Waals surface area contributed by atoms with Crippen LogP contribution in [-0.4, -0.2) is 35.4 Å². The monoisotopic (exact) mass is 459 g/mol. The molecule has 2 aromatic heterocycles. The Morgan fingerprint density at radius 3 is 2.97 bits per heavy atom. The average molecular weight is 460 g/mol. The fourth-order valence-electron chi connectivity index (χ4n) is 5.62. The lowest BCUT2D eigenvalue weighted by molar-refractivity contribution is 0.0922. The molecule has 6 rings (SSSR count). The summed E-state index contributed by atoms with van der Waals surface area (Å²) < 4.78 is 28.4. The maximum Gasteiger partial charge on any atom is 0.171 e. The zero-order valence-corrected chi connectivity index (χ0v) is 19.7. The van der Waals surface area contributed by atoms with Gasteiger partial charge in [0.15, 0.2) is 11.5 Å². The van der Waals surface area contributed by atoms with Crippen LogP contribution in [0.25, 0.3) is 21.8 Å². The van der Waals surface area contributed by atoms with E-state index in [9.17, 15) is 4.39 Å². The van der Waals surface area contributed by atoms with E-state index in [1.165, 1.54) is 17.7 Å². The van der Waals surface area contributed by atoms with Crippen molar-refractivity contribution in [3.8, 4) is 11.5 Å². The van der Waals surface area contributed by atoms with Crippen LogP contribution in [0.3, 0.4) is 0 Å². The van der Waals surface area contributed by atoms with E-state index in [1.807, 2.05) is 31.2 Å². The Hall–Kier alpha value is -3.12. The maximum atomic E-state index is 13.9. The number of rotatable bonds is 5. The van der Waals surface area contributed by atoms with Crippen LogP contribution in [0.2, 0.25) is 0 Å². The van der Waals surface area contributed by atoms with Crippen molar-refractivity contribution < 1.29 is 13.9 Å². The highest BCUT2D eigenvalue weighted by Gasteiger charge is 2.26. The molecule has 2 atom stereocenters. The van der Waals surface area contributed by atoms with E-state index in [1.54, 1.807) is 12.1 Å². The summed E-state index contributed by atoms with van der Waals surface area (Å²) in [6.45, 7) is 4.21. The summed E-state index contributed by atoms with van der Waals surface area (Å²) in [5, 5.41) is 5.66. The van der Waals surface area contributed by atoms with Gasteiger partial charge in [-0.2, -0.15) is 0 Å². The van der Waals surface area contributed by atoms with Crippen molar-refractivity contribution in [1.82, 2.24) is 14.9 Å². The summed E-state index contributed by atoms with van der Waals surface area (Å²) >= 11 is 0. The van der Waals surface area contributed by atoms with E-state index in [4.69, 9.17) is 9.47 Å². The first kappa shape index (κ1) is 21.4. The van der Waals surface area contributed by atoms with Gasteiger partial charge in [-0.25, -0.2) is 4.39 Å². The SMILES string of the molecule is Cc1ccc2c3c(ccc2n1)OC[C@H](CNCC[C@H]1CCc2c(c4cc(F)ccc4n2C)C1)O3. The summed E-state index contributed by atoms with van der Waals surface area (Å²) in [6.07, 6.45) is 4.33. The molecule has 0 saturated carbocycles. The van der Waals surface area contributed by atoms with E-state index >= 15 is 0 Å². The number of hydrogen-bond acceptors (Lipinski definition) is 4. The number of benzene rings is 2. The standard InChI is InChI=1S/C28H30FN3O2/c1-17-3-6-21-24(31-17)7-10-27-28(21)34-20(16-33-27)15-30-12-11-18-4-8-25-22(13-18)23-14-19(29)5-9-26(23)32(25)2/h3,5-7,9-10,14,18,20,30H,4,8,11-13,15-16H2,1-2H3/t18-,20+/m1/s1. The first-order chi connectivity index (χ1) is 16.6. The number of pyridine rings is 1. The van der Waals surface area contributed by atoms with Gasteiger partial charge in [0.2, 0.25) is 0 Å². The number of aryl methyl sites for hydroxylation is 2. The van der Waals surface area contributed by atoms with Crippen molar-refractivity contribution in [2.75, 3.05) is 19.7 Å². The normalized spacial score (nSPS) is 19.5. The van der Waals surface area contributed by atoms with Gasteiger partial charge in [0.25, 0.3) is 0 Å². The fraction of sp³-hybridized carbons (Fsp3) is 0.393. The zero-order chi connectivity index (χ0) is 23.2. The topological polar surface area (TPSA) is 48.3 Å². The van der Waals surface area contributed by atoms with Crippen LogP contribution in [0.1, 0.15) is 29.8 Å². The summed E-state index contributed by atoms with van der Waals surface area (Å²) in [5.74, 6) is 2.04. The molecule has 0 amide bonds. The molecule has 0 fully saturated rings. The molecular formula is C28H30FN3O2. The Kier molecular flexibility index (Phi) is 5.41. The van der Waals surface area contributed by atoms with Gasteiger partial charge < -0.3 is 19.4 Å². The van der Waals surface area contributed by atoms with Crippen LogP contribution >= 0.6 is 0 Å². The molecule has 0 radical (unpaired) electrons. The highest BCUT2D eigenvalue weighted by molar-refractivity contribution is 5.88. The predicted molar refractivity (Wildman–Crippen MR) is 132 cm³/mol. The van der Waals surface area contributed by atoms with Gasteiger partial charge in [-0.05, 0) is 93.1 Å². The van der Waals surface area contributed by atoms with Crippen molar-refractivity contribution >= 4 is 21.8 Å². The van der Waals surface area contributed by atoms with Gasteiger partial charge in [0.1, 0.15) is 18.5 Å². The van der Waals surface area contributed by atoms with Gasteiger partial charge in [-0.15, -0.1) is 0 Å². The Morgan fingerprint density at radius 2 is 2.06 bits per heavy atom. The largest absolute Gasteiger partial charge is 0.486 e. The molecule has 2 aromatic carbocycles. The van der Waals surface area contributed by atoms with Crippen molar-refractivity contribution in [1.29, 1.82) is 0 Å². The number of hydrogen-bond donors (Lipinski definition) is 1. The average Bonchev–Trinajstić information content (AvgIpc) is 3.12. The summed E-state index contributed by atoms with van der Waals surface area (Å²) in [6, 6.07) is 13.2. The number of halogens is 1. The molecule has 0 bridgehead atoms. The van der Waals surface area contributed by atoms with Crippen LogP contribution in [0, 0.1) is 18.7 Å². The third-order valence-electron chi connectivity index (χ3n) is 7.42. The number of ether oxygens (including phenoxy) is 2. The molecule has 34 heavy (non-hydrogen) atoms. The molecule has 0 unspecified atom stereocenters. The van der Waals surface area contributed by atoms with Crippen LogP contribution < -0.4 is 14.8 Å². The summed E-state index contributed by atoms with van der Waals surface area (Å²) in [4.78, 5) is 4.60. The summed E-state index contributed by atoms with van der Waals surface area (Å²) in [5.41, 5.74) is 5.77. The molecule has 5 nitrogen and oxygen atoms in total. The lowest BCUT2D eigenvalue weighted by Gasteiger charge is -2.28. The molecule has 4 aromatic rings. The minimum Gasteiger partial charge on any atom is -0.486 e. The molecular weight excluding hydrogens is 429 g/mol. The molecule has 6 heteroatoms. The second kappa shape index (κ2) is 8.58. The van der Waals surface area contributed by atoms with Crippen LogP contribution in [0.4, 0.5) is 4.39 Å². The van der Waals surface area contributed by atoms with Crippen LogP contribution in [0.15, 0.2) is 42.5 Å². The minimum absolute atomic E-state index is 0.0293. The lowest BCUT2D eigenvalue weighted by Crippen LogP contribution is -2.39. The van der Waals surface area contributed by atoms with E-state index in [0.29, 0.717) is 12.5 Å². The molecule has 1 aliphatic carbocycles. The van der Waals surface area contributed by atoms with Crippen molar-refractivity contribution in [2.45, 2.75) is 38.7 Å². The zero-order valence-electron chi connectivity index (χ0n) is 19.7. The van der Waals surface area contributed by atoms with E-state index in [2.05, 4.69) is 28.0 Å². The highest BCUT2D eigenvalue weighted by Crippen LogP contribution is 2.38. The maximum absolute atomic E-state index is 13.9. The Morgan fingerprint density at radius 1 is 1.15 bits per heavy atom. The molecule has 1 aliphatic heterocycles. The minimum atomic E-state index is -0.153. The second-order valence-electron chi connectivity index (χ2n) is 9.71. The van der Waals surface area contributed by atoms with Gasteiger partial charge in [0.05, 0.1) is 5.52 Å². The van der Waals surface area contributed by atoms with E-state index in [0.717, 1.165) is 71.4 Å². The quantitative estimate of drug-likeness (QED) is 0.422. The van der Waals surface area contributed by atoms with E-state index in [-0.39, 0.29) is 11.9 Å². The number of nitrogens with zero attached hydrogens (tertiary/aromatic N) is 2. The van der Waals surface area contributed by atoms with Gasteiger partial charge in [0, 0.05) is 41.3 Å². The van der Waals surface area contributed by atoms with Crippen LogP contribution in [-0.2, 0) is 19.9 Å². The number of nitrogens with one attached hydrogen (secondary N) is 1. The summed E-state index contributed by atoms with van der Waals surface area (Å²) in [7, 11) is 2.10. The van der Waals surface area contributed by atoms with Crippen molar-refractivity contribution in [3.63, 3.8) is 0 Å². The molecule has 176 valence electrons. The van der Waals surface area contributed by atoms with Crippen LogP contribution in [0.5, 0.6) is 11.5 Å².